The van der Waals surface area contributed by atoms with Gasteiger partial charge in [0.05, 0.1) is 10.4 Å². The lowest BCUT2D eigenvalue weighted by Crippen LogP contribution is -2.26. The van der Waals surface area contributed by atoms with Crippen molar-refractivity contribution in [3.63, 3.8) is 0 Å². The molecular weight excluding hydrogens is 240 g/mol. The van der Waals surface area contributed by atoms with Crippen LogP contribution in [0.1, 0.15) is 30.5 Å². The van der Waals surface area contributed by atoms with Crippen molar-refractivity contribution in [2.45, 2.75) is 34.1 Å². The Morgan fingerprint density at radius 3 is 2.41 bits per heavy atom. The lowest BCUT2D eigenvalue weighted by molar-refractivity contribution is -0.146. The van der Waals surface area contributed by atoms with Crippen LogP contribution in [0.3, 0.4) is 0 Å². The number of phenolic OH excluding ortho intramolecular Hbond substituents is 1. The van der Waals surface area contributed by atoms with Crippen molar-refractivity contribution in [3.05, 3.63) is 27.8 Å². The summed E-state index contributed by atoms with van der Waals surface area (Å²) in [5.74, 6) is -0.907. The van der Waals surface area contributed by atoms with Crippen molar-refractivity contribution < 1.29 is 15.0 Å². The number of hydrogen-bond acceptors (Lipinski definition) is 2. The molecule has 0 saturated heterocycles. The maximum atomic E-state index is 11.1. The summed E-state index contributed by atoms with van der Waals surface area (Å²) in [6, 6.07) is 1.79. The van der Waals surface area contributed by atoms with Gasteiger partial charge in [-0.2, -0.15) is 0 Å². The topological polar surface area (TPSA) is 57.5 Å². The van der Waals surface area contributed by atoms with Gasteiger partial charge in [0, 0.05) is 0 Å². The number of rotatable bonds is 3. The molecule has 2 N–H and O–H groups in total. The highest BCUT2D eigenvalue weighted by Gasteiger charge is 2.29. The van der Waals surface area contributed by atoms with E-state index in [9.17, 15) is 9.90 Å². The summed E-state index contributed by atoms with van der Waals surface area (Å²) >= 11 is 6.00. The van der Waals surface area contributed by atoms with E-state index in [-0.39, 0.29) is 12.2 Å². The molecule has 0 unspecified atom stereocenters. The van der Waals surface area contributed by atoms with Crippen LogP contribution in [0.15, 0.2) is 6.07 Å². The molecule has 4 heteroatoms. The molecule has 1 aromatic rings. The van der Waals surface area contributed by atoms with Crippen molar-refractivity contribution in [3.8, 4) is 5.75 Å². The van der Waals surface area contributed by atoms with Gasteiger partial charge in [0.2, 0.25) is 0 Å². The van der Waals surface area contributed by atoms with E-state index in [0.717, 1.165) is 11.1 Å². The highest BCUT2D eigenvalue weighted by molar-refractivity contribution is 6.33. The van der Waals surface area contributed by atoms with Crippen LogP contribution in [-0.4, -0.2) is 16.2 Å². The lowest BCUT2D eigenvalue weighted by Gasteiger charge is -2.21. The van der Waals surface area contributed by atoms with E-state index in [1.165, 1.54) is 0 Å². The summed E-state index contributed by atoms with van der Waals surface area (Å²) < 4.78 is 0. The third-order valence-corrected chi connectivity index (χ3v) is 3.50. The van der Waals surface area contributed by atoms with E-state index in [1.54, 1.807) is 19.9 Å². The SMILES string of the molecule is Cc1cc(CC(C)(C)C(=O)O)c(O)c(Cl)c1C. The second kappa shape index (κ2) is 4.57. The van der Waals surface area contributed by atoms with Gasteiger partial charge in [-0.25, -0.2) is 0 Å². The van der Waals surface area contributed by atoms with Crippen molar-refractivity contribution in [2.75, 3.05) is 0 Å². The summed E-state index contributed by atoms with van der Waals surface area (Å²) in [6.45, 7) is 6.96. The van der Waals surface area contributed by atoms with E-state index in [2.05, 4.69) is 0 Å². The van der Waals surface area contributed by atoms with Gasteiger partial charge in [-0.15, -0.1) is 0 Å². The maximum absolute atomic E-state index is 11.1. The monoisotopic (exact) mass is 256 g/mol. The molecule has 17 heavy (non-hydrogen) atoms. The number of aryl methyl sites for hydroxylation is 1. The number of hydrogen-bond donors (Lipinski definition) is 2. The molecule has 0 saturated carbocycles. The Bertz CT molecular complexity index is 464. The molecule has 0 heterocycles. The molecule has 0 spiro atoms. The van der Waals surface area contributed by atoms with Crippen LogP contribution in [0.4, 0.5) is 0 Å². The van der Waals surface area contributed by atoms with E-state index in [0.29, 0.717) is 10.6 Å². The van der Waals surface area contributed by atoms with Gasteiger partial charge < -0.3 is 10.2 Å². The average Bonchev–Trinajstić information content (AvgIpc) is 2.22. The van der Waals surface area contributed by atoms with Crippen LogP contribution in [0.5, 0.6) is 5.75 Å². The van der Waals surface area contributed by atoms with Gasteiger partial charge >= 0.3 is 5.97 Å². The number of halogens is 1. The van der Waals surface area contributed by atoms with Crippen molar-refractivity contribution >= 4 is 17.6 Å². The minimum absolute atomic E-state index is 0.0101. The fraction of sp³-hybridized carbons (Fsp3) is 0.462. The Kier molecular flexibility index (Phi) is 3.72. The summed E-state index contributed by atoms with van der Waals surface area (Å²) in [5.41, 5.74) is 1.42. The summed E-state index contributed by atoms with van der Waals surface area (Å²) in [6.07, 6.45) is 0.245. The minimum atomic E-state index is -0.928. The molecule has 0 aromatic heterocycles. The predicted molar refractivity (Wildman–Crippen MR) is 67.7 cm³/mol. The zero-order chi connectivity index (χ0) is 13.4. The zero-order valence-corrected chi connectivity index (χ0v) is 11.2. The molecule has 94 valence electrons. The Hall–Kier alpha value is -1.22. The second-order valence-electron chi connectivity index (χ2n) is 5.01. The molecule has 0 fully saturated rings. The van der Waals surface area contributed by atoms with Crippen LogP contribution in [0, 0.1) is 19.3 Å². The van der Waals surface area contributed by atoms with Crippen molar-refractivity contribution in [1.29, 1.82) is 0 Å². The zero-order valence-electron chi connectivity index (χ0n) is 10.5. The fourth-order valence-corrected chi connectivity index (χ4v) is 1.89. The molecule has 0 bridgehead atoms. The Labute approximate surface area is 106 Å². The van der Waals surface area contributed by atoms with Crippen LogP contribution in [0.25, 0.3) is 0 Å². The van der Waals surface area contributed by atoms with Crippen molar-refractivity contribution in [2.24, 2.45) is 5.41 Å². The first-order chi connectivity index (χ1) is 7.66. The third kappa shape index (κ3) is 2.72. The van der Waals surface area contributed by atoms with Crippen LogP contribution < -0.4 is 0 Å². The standard InChI is InChI=1S/C13H17ClO3/c1-7-5-9(6-13(3,4)12(16)17)11(15)10(14)8(7)2/h5,15H,6H2,1-4H3,(H,16,17). The minimum Gasteiger partial charge on any atom is -0.506 e. The van der Waals surface area contributed by atoms with Gasteiger partial charge in [-0.3, -0.25) is 4.79 Å². The number of carboxylic acids is 1. The maximum Gasteiger partial charge on any atom is 0.309 e. The van der Waals surface area contributed by atoms with Gasteiger partial charge in [0.15, 0.2) is 0 Å². The highest BCUT2D eigenvalue weighted by atomic mass is 35.5. The molecule has 0 amide bonds. The van der Waals surface area contributed by atoms with Crippen LogP contribution >= 0.6 is 11.6 Å². The second-order valence-corrected chi connectivity index (χ2v) is 5.38. The quantitative estimate of drug-likeness (QED) is 0.872. The predicted octanol–water partition coefficient (Wildman–Crippen LogP) is 3.32. The number of carbonyl (C=O) groups is 1. The Morgan fingerprint density at radius 1 is 1.41 bits per heavy atom. The normalized spacial score (nSPS) is 11.6. The molecule has 0 aliphatic rings. The first-order valence-electron chi connectivity index (χ1n) is 5.37. The highest BCUT2D eigenvalue weighted by Crippen LogP contribution is 2.36. The van der Waals surface area contributed by atoms with Crippen LogP contribution in [-0.2, 0) is 11.2 Å². The van der Waals surface area contributed by atoms with Gasteiger partial charge in [-0.1, -0.05) is 17.7 Å². The molecule has 0 atom stereocenters. The van der Waals surface area contributed by atoms with Crippen molar-refractivity contribution in [1.82, 2.24) is 0 Å². The third-order valence-electron chi connectivity index (χ3n) is 3.03. The summed E-state index contributed by atoms with van der Waals surface area (Å²) in [5, 5.41) is 19.3. The first kappa shape index (κ1) is 13.8. The molecule has 3 nitrogen and oxygen atoms in total. The Balaban J connectivity index is 3.21. The fourth-order valence-electron chi connectivity index (χ4n) is 1.62. The average molecular weight is 257 g/mol. The molecule has 0 aliphatic carbocycles. The lowest BCUT2D eigenvalue weighted by atomic mass is 9.85. The number of aliphatic carboxylic acids is 1. The summed E-state index contributed by atoms with van der Waals surface area (Å²) in [7, 11) is 0. The van der Waals surface area contributed by atoms with Gasteiger partial charge in [-0.05, 0) is 50.8 Å². The molecule has 0 aliphatic heterocycles. The largest absolute Gasteiger partial charge is 0.506 e. The first-order valence-corrected chi connectivity index (χ1v) is 5.75. The van der Waals surface area contributed by atoms with E-state index in [1.807, 2.05) is 13.8 Å². The molecule has 0 radical (unpaired) electrons. The van der Waals surface area contributed by atoms with E-state index in [4.69, 9.17) is 16.7 Å². The van der Waals surface area contributed by atoms with E-state index < -0.39 is 11.4 Å². The number of benzene rings is 1. The molecular formula is C13H17ClO3. The molecule has 1 aromatic carbocycles. The number of aromatic hydroxyl groups is 1. The number of carboxylic acid groups (broad SMARTS) is 1. The number of phenols is 1. The van der Waals surface area contributed by atoms with E-state index >= 15 is 0 Å². The molecule has 1 rings (SSSR count). The van der Waals surface area contributed by atoms with Crippen LogP contribution in [0.2, 0.25) is 5.02 Å². The smallest absolute Gasteiger partial charge is 0.309 e. The Morgan fingerprint density at radius 2 is 1.94 bits per heavy atom. The van der Waals surface area contributed by atoms with Gasteiger partial charge in [0.1, 0.15) is 5.75 Å². The van der Waals surface area contributed by atoms with Gasteiger partial charge in [0.25, 0.3) is 0 Å². The summed E-state index contributed by atoms with van der Waals surface area (Å²) in [4.78, 5) is 11.1.